The molecule has 0 saturated heterocycles. The van der Waals surface area contributed by atoms with Gasteiger partial charge in [0.1, 0.15) is 11.5 Å². The maximum absolute atomic E-state index is 13.4. The average molecular weight is 290 g/mol. The van der Waals surface area contributed by atoms with Crippen molar-refractivity contribution in [3.63, 3.8) is 0 Å². The van der Waals surface area contributed by atoms with Crippen LogP contribution in [0.5, 0.6) is 5.75 Å². The standard InChI is InChI=1S/C17H16F2O2/c1-12-4-2-6-15(10-12)21-9-8-14(20)11-13-5-3-7-16(18)17(13)19/h2-7,10H,8-9,11H2,1H3. The summed E-state index contributed by atoms with van der Waals surface area (Å²) in [5.74, 6) is -1.38. The second-order valence-electron chi connectivity index (χ2n) is 4.84. The van der Waals surface area contributed by atoms with Crippen LogP contribution in [-0.4, -0.2) is 12.4 Å². The molecule has 0 unspecified atom stereocenters. The molecule has 2 nitrogen and oxygen atoms in total. The Kier molecular flexibility index (Phi) is 5.04. The molecule has 0 fully saturated rings. The van der Waals surface area contributed by atoms with E-state index in [1.54, 1.807) is 0 Å². The Morgan fingerprint density at radius 2 is 1.90 bits per heavy atom. The molecule has 2 aromatic rings. The zero-order chi connectivity index (χ0) is 15.2. The van der Waals surface area contributed by atoms with Crippen molar-refractivity contribution < 1.29 is 18.3 Å². The van der Waals surface area contributed by atoms with Crippen LogP contribution in [0.15, 0.2) is 42.5 Å². The number of hydrogen-bond acceptors (Lipinski definition) is 2. The van der Waals surface area contributed by atoms with Gasteiger partial charge in [0.25, 0.3) is 0 Å². The van der Waals surface area contributed by atoms with Gasteiger partial charge in [-0.05, 0) is 36.2 Å². The fourth-order valence-electron chi connectivity index (χ4n) is 1.97. The van der Waals surface area contributed by atoms with Gasteiger partial charge in [0.2, 0.25) is 0 Å². The van der Waals surface area contributed by atoms with Crippen molar-refractivity contribution in [1.29, 1.82) is 0 Å². The predicted molar refractivity (Wildman–Crippen MR) is 76.4 cm³/mol. The first-order chi connectivity index (χ1) is 10.1. The average Bonchev–Trinajstić information content (AvgIpc) is 2.44. The van der Waals surface area contributed by atoms with Crippen molar-refractivity contribution in [2.75, 3.05) is 6.61 Å². The van der Waals surface area contributed by atoms with E-state index in [-0.39, 0.29) is 30.8 Å². The molecule has 0 aromatic heterocycles. The number of aryl methyl sites for hydroxylation is 1. The Morgan fingerprint density at radius 3 is 2.67 bits per heavy atom. The molecule has 0 aliphatic carbocycles. The zero-order valence-corrected chi connectivity index (χ0v) is 11.7. The van der Waals surface area contributed by atoms with Crippen molar-refractivity contribution in [3.05, 3.63) is 65.2 Å². The Balaban J connectivity index is 1.84. The fourth-order valence-corrected chi connectivity index (χ4v) is 1.97. The zero-order valence-electron chi connectivity index (χ0n) is 11.7. The van der Waals surface area contributed by atoms with Gasteiger partial charge in [-0.2, -0.15) is 0 Å². The lowest BCUT2D eigenvalue weighted by Crippen LogP contribution is -2.10. The number of carbonyl (C=O) groups excluding carboxylic acids is 1. The van der Waals surface area contributed by atoms with E-state index < -0.39 is 11.6 Å². The number of halogens is 2. The van der Waals surface area contributed by atoms with Crippen LogP contribution in [-0.2, 0) is 11.2 Å². The van der Waals surface area contributed by atoms with E-state index in [2.05, 4.69) is 0 Å². The van der Waals surface area contributed by atoms with E-state index in [0.29, 0.717) is 5.75 Å². The highest BCUT2D eigenvalue weighted by Crippen LogP contribution is 2.14. The Bertz CT molecular complexity index is 638. The summed E-state index contributed by atoms with van der Waals surface area (Å²) in [5.41, 5.74) is 1.15. The summed E-state index contributed by atoms with van der Waals surface area (Å²) in [6.45, 7) is 2.17. The summed E-state index contributed by atoms with van der Waals surface area (Å²) in [6.07, 6.45) is 0.0324. The number of rotatable bonds is 6. The summed E-state index contributed by atoms with van der Waals surface area (Å²) in [4.78, 5) is 11.8. The van der Waals surface area contributed by atoms with Gasteiger partial charge in [0, 0.05) is 12.8 Å². The molecule has 21 heavy (non-hydrogen) atoms. The van der Waals surface area contributed by atoms with Crippen LogP contribution in [0.4, 0.5) is 8.78 Å². The predicted octanol–water partition coefficient (Wildman–Crippen LogP) is 3.85. The minimum atomic E-state index is -0.953. The second kappa shape index (κ2) is 6.97. The summed E-state index contributed by atoms with van der Waals surface area (Å²) in [5, 5.41) is 0. The second-order valence-corrected chi connectivity index (χ2v) is 4.84. The van der Waals surface area contributed by atoms with Gasteiger partial charge in [-0.1, -0.05) is 24.3 Å². The lowest BCUT2D eigenvalue weighted by atomic mass is 10.1. The van der Waals surface area contributed by atoms with Gasteiger partial charge in [0.05, 0.1) is 6.61 Å². The lowest BCUT2D eigenvalue weighted by molar-refractivity contribution is -0.118. The van der Waals surface area contributed by atoms with Crippen LogP contribution in [0.1, 0.15) is 17.5 Å². The molecule has 0 N–H and O–H groups in total. The van der Waals surface area contributed by atoms with Gasteiger partial charge < -0.3 is 4.74 Å². The lowest BCUT2D eigenvalue weighted by Gasteiger charge is -2.07. The van der Waals surface area contributed by atoms with Gasteiger partial charge in [-0.25, -0.2) is 8.78 Å². The van der Waals surface area contributed by atoms with Gasteiger partial charge in [-0.3, -0.25) is 4.79 Å². The Labute approximate surface area is 122 Å². The van der Waals surface area contributed by atoms with E-state index in [0.717, 1.165) is 11.6 Å². The van der Waals surface area contributed by atoms with Crippen molar-refractivity contribution in [2.45, 2.75) is 19.8 Å². The van der Waals surface area contributed by atoms with E-state index >= 15 is 0 Å². The largest absolute Gasteiger partial charge is 0.493 e. The van der Waals surface area contributed by atoms with E-state index in [9.17, 15) is 13.6 Å². The SMILES string of the molecule is Cc1cccc(OCCC(=O)Cc2cccc(F)c2F)c1. The highest BCUT2D eigenvalue weighted by Gasteiger charge is 2.11. The topological polar surface area (TPSA) is 26.3 Å². The van der Waals surface area contributed by atoms with Crippen LogP contribution in [0.25, 0.3) is 0 Å². The van der Waals surface area contributed by atoms with Crippen LogP contribution in [0.2, 0.25) is 0 Å². The highest BCUT2D eigenvalue weighted by molar-refractivity contribution is 5.81. The molecule has 0 atom stereocenters. The minimum absolute atomic E-state index is 0.0792. The van der Waals surface area contributed by atoms with Gasteiger partial charge in [-0.15, -0.1) is 0 Å². The highest BCUT2D eigenvalue weighted by atomic mass is 19.2. The molecule has 0 amide bonds. The maximum atomic E-state index is 13.4. The van der Waals surface area contributed by atoms with E-state index in [1.165, 1.54) is 12.1 Å². The Hall–Kier alpha value is -2.23. The summed E-state index contributed by atoms with van der Waals surface area (Å²) < 4.78 is 31.9. The first kappa shape index (κ1) is 15.2. The van der Waals surface area contributed by atoms with Gasteiger partial charge in [0.15, 0.2) is 11.6 Å². The molecule has 2 rings (SSSR count). The number of ether oxygens (including phenoxy) is 1. The monoisotopic (exact) mass is 290 g/mol. The Morgan fingerprint density at radius 1 is 1.14 bits per heavy atom. The summed E-state index contributed by atoms with van der Waals surface area (Å²) in [7, 11) is 0. The molecular weight excluding hydrogens is 274 g/mol. The van der Waals surface area contributed by atoms with E-state index in [4.69, 9.17) is 4.74 Å². The first-order valence-corrected chi connectivity index (χ1v) is 6.70. The van der Waals surface area contributed by atoms with E-state index in [1.807, 2.05) is 31.2 Å². The molecule has 0 bridgehead atoms. The molecule has 0 aliphatic heterocycles. The maximum Gasteiger partial charge on any atom is 0.162 e. The summed E-state index contributed by atoms with van der Waals surface area (Å²) >= 11 is 0. The third-order valence-corrected chi connectivity index (χ3v) is 3.06. The van der Waals surface area contributed by atoms with Crippen LogP contribution < -0.4 is 4.74 Å². The molecule has 0 radical (unpaired) electrons. The van der Waals surface area contributed by atoms with Crippen molar-refractivity contribution in [1.82, 2.24) is 0 Å². The van der Waals surface area contributed by atoms with Gasteiger partial charge >= 0.3 is 0 Å². The number of hydrogen-bond donors (Lipinski definition) is 0. The molecule has 0 aliphatic rings. The van der Waals surface area contributed by atoms with Crippen molar-refractivity contribution in [2.24, 2.45) is 0 Å². The number of carbonyl (C=O) groups is 1. The number of benzene rings is 2. The van der Waals surface area contributed by atoms with Crippen molar-refractivity contribution in [3.8, 4) is 5.75 Å². The molecule has 4 heteroatoms. The fraction of sp³-hybridized carbons (Fsp3) is 0.235. The molecule has 0 heterocycles. The van der Waals surface area contributed by atoms with Crippen LogP contribution in [0, 0.1) is 18.6 Å². The molecular formula is C17H16F2O2. The first-order valence-electron chi connectivity index (χ1n) is 6.70. The molecule has 110 valence electrons. The quantitative estimate of drug-likeness (QED) is 0.807. The normalized spacial score (nSPS) is 10.4. The smallest absolute Gasteiger partial charge is 0.162 e. The molecule has 0 spiro atoms. The van der Waals surface area contributed by atoms with Crippen molar-refractivity contribution >= 4 is 5.78 Å². The minimum Gasteiger partial charge on any atom is -0.493 e. The van der Waals surface area contributed by atoms with Crippen LogP contribution >= 0.6 is 0 Å². The number of Topliss-reactive ketones (excluding diaryl/α,β-unsaturated/α-hetero) is 1. The number of ketones is 1. The molecule has 2 aromatic carbocycles. The van der Waals surface area contributed by atoms with Crippen LogP contribution in [0.3, 0.4) is 0 Å². The third-order valence-electron chi connectivity index (χ3n) is 3.06. The summed E-state index contributed by atoms with van der Waals surface area (Å²) in [6, 6.07) is 11.3. The third kappa shape index (κ3) is 4.38. The molecule has 0 saturated carbocycles.